The Morgan fingerprint density at radius 2 is 1.06 bits per heavy atom. The van der Waals surface area contributed by atoms with Crippen molar-refractivity contribution in [1.29, 1.82) is 0 Å². The Morgan fingerprint density at radius 1 is 0.618 bits per heavy atom. The van der Waals surface area contributed by atoms with E-state index in [0.717, 1.165) is 44.9 Å². The number of aliphatic hydroxyl groups is 4. The normalized spacial score (nSPS) is 17.4. The Kier molecular flexibility index (Phi) is 15.9. The minimum absolute atomic E-state index is 0.232. The number of hydrogen-bond acceptors (Lipinski definition) is 4. The fourth-order valence-electron chi connectivity index (χ4n) is 3.72. The van der Waals surface area contributed by atoms with Crippen LogP contribution in [0, 0.1) is 0 Å². The zero-order valence-electron chi connectivity index (χ0n) is 23.3. The molecule has 0 saturated carbocycles. The van der Waals surface area contributed by atoms with Gasteiger partial charge in [0.15, 0.2) is 0 Å². The van der Waals surface area contributed by atoms with Crippen LogP contribution >= 0.6 is 0 Å². The average molecular weight is 479 g/mol. The minimum Gasteiger partial charge on any atom is -0.390 e. The molecule has 0 saturated heterocycles. The zero-order chi connectivity index (χ0) is 26.4. The first-order chi connectivity index (χ1) is 15.6. The molecule has 0 aromatic rings. The molecule has 4 nitrogen and oxygen atoms in total. The van der Waals surface area contributed by atoms with Crippen LogP contribution < -0.4 is 0 Å². The largest absolute Gasteiger partial charge is 0.390 e. The molecule has 3 atom stereocenters. The molecule has 0 aliphatic rings. The second-order valence-electron chi connectivity index (χ2n) is 11.2. The molecule has 0 heterocycles. The maximum absolute atomic E-state index is 10.6. The number of hydrogen-bond donors (Lipinski definition) is 4. The zero-order valence-corrected chi connectivity index (χ0v) is 23.3. The second kappa shape index (κ2) is 16.5. The maximum Gasteiger partial charge on any atom is 0.0878 e. The lowest BCUT2D eigenvalue weighted by atomic mass is 9.86. The monoisotopic (exact) mass is 478 g/mol. The van der Waals surface area contributed by atoms with E-state index in [9.17, 15) is 20.4 Å². The SMILES string of the molecule is CC(C)=CCCC(C)=CCCC(C)=CCCC=C(C)CCC(O)C(C)(O)CCC(O)C(C)(C)O. The van der Waals surface area contributed by atoms with Gasteiger partial charge in [-0.15, -0.1) is 0 Å². The highest BCUT2D eigenvalue weighted by atomic mass is 16.3. The van der Waals surface area contributed by atoms with E-state index in [0.29, 0.717) is 6.42 Å². The summed E-state index contributed by atoms with van der Waals surface area (Å²) in [6, 6.07) is 0. The summed E-state index contributed by atoms with van der Waals surface area (Å²) in [4.78, 5) is 0. The second-order valence-corrected chi connectivity index (χ2v) is 11.2. The van der Waals surface area contributed by atoms with Crippen molar-refractivity contribution in [2.24, 2.45) is 0 Å². The molecular formula is C30H54O4. The highest BCUT2D eigenvalue weighted by molar-refractivity contribution is 5.06. The molecule has 4 heteroatoms. The van der Waals surface area contributed by atoms with Gasteiger partial charge in [0.05, 0.1) is 23.4 Å². The third-order valence-corrected chi connectivity index (χ3v) is 6.54. The lowest BCUT2D eigenvalue weighted by Crippen LogP contribution is -2.42. The van der Waals surface area contributed by atoms with Crippen molar-refractivity contribution in [3.8, 4) is 0 Å². The molecule has 0 rings (SSSR count). The lowest BCUT2D eigenvalue weighted by molar-refractivity contribution is -0.0946. The Bertz CT molecular complexity index is 685. The van der Waals surface area contributed by atoms with Gasteiger partial charge in [-0.3, -0.25) is 0 Å². The molecule has 4 N–H and O–H groups in total. The third-order valence-electron chi connectivity index (χ3n) is 6.54. The number of rotatable bonds is 17. The molecule has 0 fully saturated rings. The number of aliphatic hydroxyl groups excluding tert-OH is 2. The van der Waals surface area contributed by atoms with Gasteiger partial charge in [-0.1, -0.05) is 46.6 Å². The van der Waals surface area contributed by atoms with Crippen molar-refractivity contribution in [3.05, 3.63) is 46.6 Å². The first-order valence-electron chi connectivity index (χ1n) is 13.1. The smallest absolute Gasteiger partial charge is 0.0878 e. The Labute approximate surface area is 210 Å². The topological polar surface area (TPSA) is 80.9 Å². The standard InChI is InChI=1S/C30H54O4/c1-23(2)13-11-16-25(4)18-12-17-24(3)14-9-10-15-26(5)19-20-28(32)30(8,34)22-21-27(31)29(6,7)33/h13-15,18,27-28,31-34H,9-12,16-17,19-22H2,1-8H3. The van der Waals surface area contributed by atoms with E-state index in [1.807, 2.05) is 0 Å². The van der Waals surface area contributed by atoms with Crippen LogP contribution in [-0.2, 0) is 0 Å². The number of unbranched alkanes of at least 4 members (excludes halogenated alkanes) is 1. The molecular weight excluding hydrogens is 424 g/mol. The quantitative estimate of drug-likeness (QED) is 0.135. The summed E-state index contributed by atoms with van der Waals surface area (Å²) in [7, 11) is 0. The predicted octanol–water partition coefficient (Wildman–Crippen LogP) is 6.94. The predicted molar refractivity (Wildman–Crippen MR) is 146 cm³/mol. The van der Waals surface area contributed by atoms with E-state index < -0.39 is 23.4 Å². The Hall–Kier alpha value is -1.20. The summed E-state index contributed by atoms with van der Waals surface area (Å²) in [5.74, 6) is 0. The van der Waals surface area contributed by atoms with E-state index in [-0.39, 0.29) is 12.8 Å². The van der Waals surface area contributed by atoms with E-state index in [1.165, 1.54) is 22.3 Å². The highest BCUT2D eigenvalue weighted by Crippen LogP contribution is 2.25. The molecule has 198 valence electrons. The molecule has 34 heavy (non-hydrogen) atoms. The molecule has 3 unspecified atom stereocenters. The van der Waals surface area contributed by atoms with Crippen LogP contribution in [0.3, 0.4) is 0 Å². The fourth-order valence-corrected chi connectivity index (χ4v) is 3.72. The van der Waals surface area contributed by atoms with E-state index in [4.69, 9.17) is 0 Å². The molecule has 0 aromatic carbocycles. The van der Waals surface area contributed by atoms with E-state index in [1.54, 1.807) is 20.8 Å². The first-order valence-corrected chi connectivity index (χ1v) is 13.1. The summed E-state index contributed by atoms with van der Waals surface area (Å²) >= 11 is 0. The van der Waals surface area contributed by atoms with Crippen molar-refractivity contribution >= 4 is 0 Å². The van der Waals surface area contributed by atoms with Gasteiger partial charge < -0.3 is 20.4 Å². The van der Waals surface area contributed by atoms with Crippen molar-refractivity contribution < 1.29 is 20.4 Å². The molecule has 0 aromatic heterocycles. The van der Waals surface area contributed by atoms with Gasteiger partial charge in [-0.2, -0.15) is 0 Å². The number of allylic oxidation sites excluding steroid dienone is 8. The maximum atomic E-state index is 10.6. The van der Waals surface area contributed by atoms with Crippen LogP contribution in [0.2, 0.25) is 0 Å². The molecule has 0 aliphatic heterocycles. The van der Waals surface area contributed by atoms with Crippen LogP contribution in [0.25, 0.3) is 0 Å². The van der Waals surface area contributed by atoms with Crippen LogP contribution in [0.1, 0.15) is 120 Å². The van der Waals surface area contributed by atoms with Gasteiger partial charge in [-0.25, -0.2) is 0 Å². The van der Waals surface area contributed by atoms with Crippen LogP contribution in [0.5, 0.6) is 0 Å². The molecule has 0 amide bonds. The summed E-state index contributed by atoms with van der Waals surface area (Å²) in [6.07, 6.45) is 15.5. The lowest BCUT2D eigenvalue weighted by Gasteiger charge is -2.32. The van der Waals surface area contributed by atoms with Crippen molar-refractivity contribution in [3.63, 3.8) is 0 Å². The van der Waals surface area contributed by atoms with Crippen molar-refractivity contribution in [2.45, 2.75) is 143 Å². The van der Waals surface area contributed by atoms with Crippen LogP contribution in [-0.4, -0.2) is 43.8 Å². The van der Waals surface area contributed by atoms with Crippen LogP contribution in [0.15, 0.2) is 46.6 Å². The molecule has 0 bridgehead atoms. The highest BCUT2D eigenvalue weighted by Gasteiger charge is 2.33. The van der Waals surface area contributed by atoms with Gasteiger partial charge in [0.2, 0.25) is 0 Å². The molecule has 0 spiro atoms. The van der Waals surface area contributed by atoms with Crippen molar-refractivity contribution in [2.75, 3.05) is 0 Å². The van der Waals surface area contributed by atoms with E-state index in [2.05, 4.69) is 58.9 Å². The summed E-state index contributed by atoms with van der Waals surface area (Å²) in [6.45, 7) is 15.5. The molecule has 0 radical (unpaired) electrons. The Balaban J connectivity index is 4.29. The van der Waals surface area contributed by atoms with Gasteiger partial charge in [-0.05, 0) is 120 Å². The Morgan fingerprint density at radius 3 is 1.53 bits per heavy atom. The van der Waals surface area contributed by atoms with Crippen LogP contribution in [0.4, 0.5) is 0 Å². The fraction of sp³-hybridized carbons (Fsp3) is 0.733. The van der Waals surface area contributed by atoms with Crippen molar-refractivity contribution in [1.82, 2.24) is 0 Å². The van der Waals surface area contributed by atoms with E-state index >= 15 is 0 Å². The van der Waals surface area contributed by atoms with Gasteiger partial charge in [0.1, 0.15) is 0 Å². The minimum atomic E-state index is -1.29. The third kappa shape index (κ3) is 16.4. The molecule has 0 aliphatic carbocycles. The summed E-state index contributed by atoms with van der Waals surface area (Å²) in [5.41, 5.74) is 3.00. The summed E-state index contributed by atoms with van der Waals surface area (Å²) < 4.78 is 0. The van der Waals surface area contributed by atoms with Gasteiger partial charge in [0, 0.05) is 0 Å². The van der Waals surface area contributed by atoms with Gasteiger partial charge in [0.25, 0.3) is 0 Å². The summed E-state index contributed by atoms with van der Waals surface area (Å²) in [5, 5.41) is 40.8. The first kappa shape index (κ1) is 32.8. The average Bonchev–Trinajstić information content (AvgIpc) is 2.72. The van der Waals surface area contributed by atoms with Gasteiger partial charge >= 0.3 is 0 Å².